The van der Waals surface area contributed by atoms with Crippen molar-refractivity contribution in [1.29, 1.82) is 0 Å². The highest BCUT2D eigenvalue weighted by molar-refractivity contribution is 5.96. The monoisotopic (exact) mass is 439 g/mol. The highest BCUT2D eigenvalue weighted by Crippen LogP contribution is 2.39. The van der Waals surface area contributed by atoms with Crippen LogP contribution in [-0.4, -0.2) is 58.5 Å². The van der Waals surface area contributed by atoms with Crippen LogP contribution in [0.5, 0.6) is 11.5 Å². The Balaban J connectivity index is 1.55. The van der Waals surface area contributed by atoms with Gasteiger partial charge in [0, 0.05) is 37.5 Å². The van der Waals surface area contributed by atoms with E-state index in [4.69, 9.17) is 14.2 Å². The van der Waals surface area contributed by atoms with Gasteiger partial charge in [-0.1, -0.05) is 18.2 Å². The molecule has 2 aliphatic heterocycles. The molecule has 2 aromatic carbocycles. The average Bonchev–Trinajstić information content (AvgIpc) is 2.82. The molecule has 2 aliphatic rings. The molecule has 7 heteroatoms. The van der Waals surface area contributed by atoms with Crippen LogP contribution >= 0.6 is 0 Å². The zero-order valence-corrected chi connectivity index (χ0v) is 19.1. The lowest BCUT2D eigenvalue weighted by atomic mass is 10.0. The molecule has 1 saturated heterocycles. The molecule has 2 heterocycles. The highest BCUT2D eigenvalue weighted by Gasteiger charge is 2.22. The van der Waals surface area contributed by atoms with Gasteiger partial charge in [-0.3, -0.25) is 4.79 Å². The number of benzene rings is 2. The molecular formula is C25H33N3O4. The maximum absolute atomic E-state index is 13.0. The van der Waals surface area contributed by atoms with Crippen molar-refractivity contribution in [2.24, 2.45) is 0 Å². The Hall–Kier alpha value is -2.93. The number of amides is 1. The number of hydrogen-bond donors (Lipinski definition) is 1. The number of aryl methyl sites for hydroxylation is 1. The maximum atomic E-state index is 13.0. The van der Waals surface area contributed by atoms with Crippen LogP contribution < -0.4 is 24.6 Å². The number of carbonyl (C=O) groups is 1. The first-order chi connectivity index (χ1) is 15.7. The first kappa shape index (κ1) is 22.3. The van der Waals surface area contributed by atoms with Crippen molar-refractivity contribution in [3.8, 4) is 11.5 Å². The second-order valence-corrected chi connectivity index (χ2v) is 7.98. The van der Waals surface area contributed by atoms with Crippen LogP contribution in [0.3, 0.4) is 0 Å². The second kappa shape index (κ2) is 10.6. The minimum atomic E-state index is -0.0655. The molecule has 172 valence electrons. The SMILES string of the molecule is CCOc1cc(N2CCOCC2)c(OCC)cc1NC(=O)CN1CCCc2ccccc21. The van der Waals surface area contributed by atoms with Crippen LogP contribution in [0.15, 0.2) is 36.4 Å². The summed E-state index contributed by atoms with van der Waals surface area (Å²) in [6, 6.07) is 12.2. The lowest BCUT2D eigenvalue weighted by molar-refractivity contribution is -0.115. The average molecular weight is 440 g/mol. The molecule has 1 fully saturated rings. The van der Waals surface area contributed by atoms with E-state index in [-0.39, 0.29) is 5.91 Å². The fourth-order valence-corrected chi connectivity index (χ4v) is 4.38. The Morgan fingerprint density at radius 3 is 2.53 bits per heavy atom. The van der Waals surface area contributed by atoms with E-state index in [0.717, 1.165) is 49.6 Å². The zero-order chi connectivity index (χ0) is 22.3. The largest absolute Gasteiger partial charge is 0.492 e. The lowest BCUT2D eigenvalue weighted by Crippen LogP contribution is -2.37. The lowest BCUT2D eigenvalue weighted by Gasteiger charge is -2.32. The second-order valence-electron chi connectivity index (χ2n) is 7.98. The van der Waals surface area contributed by atoms with Gasteiger partial charge in [-0.05, 0) is 38.3 Å². The minimum absolute atomic E-state index is 0.0655. The molecule has 0 aliphatic carbocycles. The topological polar surface area (TPSA) is 63.3 Å². The van der Waals surface area contributed by atoms with Gasteiger partial charge in [0.2, 0.25) is 5.91 Å². The summed E-state index contributed by atoms with van der Waals surface area (Å²) in [5, 5.41) is 3.07. The number of morpholine rings is 1. The van der Waals surface area contributed by atoms with Gasteiger partial charge in [0.1, 0.15) is 11.5 Å². The predicted octanol–water partition coefficient (Wildman–Crippen LogP) is 3.71. The smallest absolute Gasteiger partial charge is 0.243 e. The van der Waals surface area contributed by atoms with E-state index in [9.17, 15) is 4.79 Å². The number of hydrogen-bond acceptors (Lipinski definition) is 6. The molecule has 0 saturated carbocycles. The number of nitrogens with zero attached hydrogens (tertiary/aromatic N) is 2. The number of fused-ring (bicyclic) bond motifs is 1. The Kier molecular flexibility index (Phi) is 7.37. The Morgan fingerprint density at radius 2 is 1.75 bits per heavy atom. The van der Waals surface area contributed by atoms with Crippen molar-refractivity contribution in [2.45, 2.75) is 26.7 Å². The molecule has 0 spiro atoms. The van der Waals surface area contributed by atoms with Crippen LogP contribution in [0.4, 0.5) is 17.1 Å². The first-order valence-electron chi connectivity index (χ1n) is 11.6. The summed E-state index contributed by atoms with van der Waals surface area (Å²) in [6.45, 7) is 9.11. The molecule has 0 atom stereocenters. The van der Waals surface area contributed by atoms with Crippen molar-refractivity contribution >= 4 is 23.0 Å². The number of carbonyl (C=O) groups excluding carboxylic acids is 1. The van der Waals surface area contributed by atoms with Gasteiger partial charge in [-0.2, -0.15) is 0 Å². The molecule has 0 aromatic heterocycles. The minimum Gasteiger partial charge on any atom is -0.492 e. The molecular weight excluding hydrogens is 406 g/mol. The number of para-hydroxylation sites is 1. The van der Waals surface area contributed by atoms with Crippen LogP contribution in [0.2, 0.25) is 0 Å². The number of anilines is 3. The molecule has 0 unspecified atom stereocenters. The Labute approximate surface area is 190 Å². The summed E-state index contributed by atoms with van der Waals surface area (Å²) >= 11 is 0. The summed E-state index contributed by atoms with van der Waals surface area (Å²) in [5.74, 6) is 1.34. The quantitative estimate of drug-likeness (QED) is 0.677. The Bertz CT molecular complexity index is 927. The fourth-order valence-electron chi connectivity index (χ4n) is 4.38. The summed E-state index contributed by atoms with van der Waals surface area (Å²) in [7, 11) is 0. The molecule has 0 radical (unpaired) electrons. The molecule has 1 N–H and O–H groups in total. The van der Waals surface area contributed by atoms with Crippen LogP contribution in [-0.2, 0) is 16.0 Å². The predicted molar refractivity (Wildman–Crippen MR) is 127 cm³/mol. The van der Waals surface area contributed by atoms with E-state index in [1.807, 2.05) is 32.0 Å². The van der Waals surface area contributed by atoms with Gasteiger partial charge in [0.25, 0.3) is 0 Å². The summed E-state index contributed by atoms with van der Waals surface area (Å²) < 4.78 is 17.3. The first-order valence-corrected chi connectivity index (χ1v) is 11.6. The normalized spacial score (nSPS) is 15.8. The number of rotatable bonds is 8. The molecule has 32 heavy (non-hydrogen) atoms. The van der Waals surface area contributed by atoms with E-state index in [2.05, 4.69) is 33.3 Å². The van der Waals surface area contributed by atoms with Crippen LogP contribution in [0.25, 0.3) is 0 Å². The van der Waals surface area contributed by atoms with Gasteiger partial charge in [0.15, 0.2) is 0 Å². The van der Waals surface area contributed by atoms with Crippen LogP contribution in [0, 0.1) is 0 Å². The van der Waals surface area contributed by atoms with Gasteiger partial charge >= 0.3 is 0 Å². The number of ether oxygens (including phenoxy) is 3. The third-order valence-electron chi connectivity index (χ3n) is 5.83. The van der Waals surface area contributed by atoms with Gasteiger partial charge in [-0.25, -0.2) is 0 Å². The van der Waals surface area contributed by atoms with Crippen LogP contribution in [0.1, 0.15) is 25.8 Å². The summed E-state index contributed by atoms with van der Waals surface area (Å²) in [4.78, 5) is 17.4. The number of nitrogens with one attached hydrogen (secondary N) is 1. The standard InChI is InChI=1S/C25H33N3O4/c1-3-31-23-17-22(27-12-14-30-15-13-27)24(32-4-2)16-20(23)26-25(29)18-28-11-7-9-19-8-5-6-10-21(19)28/h5-6,8,10,16-17H,3-4,7,9,11-15,18H2,1-2H3,(H,26,29). The summed E-state index contributed by atoms with van der Waals surface area (Å²) in [5.41, 5.74) is 4.07. The maximum Gasteiger partial charge on any atom is 0.243 e. The third-order valence-corrected chi connectivity index (χ3v) is 5.83. The molecule has 0 bridgehead atoms. The summed E-state index contributed by atoms with van der Waals surface area (Å²) in [6.07, 6.45) is 2.11. The van der Waals surface area contributed by atoms with Crippen molar-refractivity contribution in [3.05, 3.63) is 42.0 Å². The Morgan fingerprint density at radius 1 is 1.00 bits per heavy atom. The van der Waals surface area contributed by atoms with Gasteiger partial charge in [-0.15, -0.1) is 0 Å². The van der Waals surface area contributed by atoms with Gasteiger partial charge in [0.05, 0.1) is 44.3 Å². The molecule has 1 amide bonds. The van der Waals surface area contributed by atoms with Crippen molar-refractivity contribution in [1.82, 2.24) is 0 Å². The third kappa shape index (κ3) is 5.10. The fraction of sp³-hybridized carbons (Fsp3) is 0.480. The molecule has 7 nitrogen and oxygen atoms in total. The zero-order valence-electron chi connectivity index (χ0n) is 19.1. The van der Waals surface area contributed by atoms with E-state index < -0.39 is 0 Å². The van der Waals surface area contributed by atoms with E-state index in [0.29, 0.717) is 44.4 Å². The molecule has 2 aromatic rings. The van der Waals surface area contributed by atoms with Crippen molar-refractivity contribution < 1.29 is 19.0 Å². The van der Waals surface area contributed by atoms with E-state index in [1.54, 1.807) is 0 Å². The molecule has 4 rings (SSSR count). The van der Waals surface area contributed by atoms with Crippen molar-refractivity contribution in [2.75, 3.05) is 67.7 Å². The van der Waals surface area contributed by atoms with E-state index in [1.165, 1.54) is 5.56 Å². The van der Waals surface area contributed by atoms with Gasteiger partial charge < -0.3 is 29.3 Å². The van der Waals surface area contributed by atoms with E-state index >= 15 is 0 Å². The highest BCUT2D eigenvalue weighted by atomic mass is 16.5. The van der Waals surface area contributed by atoms with Crippen molar-refractivity contribution in [3.63, 3.8) is 0 Å².